The van der Waals surface area contributed by atoms with Crippen LogP contribution in [-0.2, 0) is 0 Å². The highest BCUT2D eigenvalue weighted by Crippen LogP contribution is 2.31. The van der Waals surface area contributed by atoms with E-state index in [-0.39, 0.29) is 11.9 Å². The number of carbonyl (C=O) groups is 1. The van der Waals surface area contributed by atoms with Gasteiger partial charge in [0.2, 0.25) is 0 Å². The molecule has 0 aliphatic heterocycles. The highest BCUT2D eigenvalue weighted by atomic mass is 16.1. The predicted molar refractivity (Wildman–Crippen MR) is 73.6 cm³/mol. The molecule has 0 aromatic heterocycles. The van der Waals surface area contributed by atoms with Crippen molar-refractivity contribution in [1.29, 1.82) is 0 Å². The second-order valence-electron chi connectivity index (χ2n) is 5.49. The quantitative estimate of drug-likeness (QED) is 0.837. The summed E-state index contributed by atoms with van der Waals surface area (Å²) < 4.78 is 0. The average molecular weight is 246 g/mol. The van der Waals surface area contributed by atoms with Crippen LogP contribution in [0.25, 0.3) is 0 Å². The molecule has 0 radical (unpaired) electrons. The molecule has 98 valence electrons. The fraction of sp³-hybridized carbons (Fsp3) is 0.533. The van der Waals surface area contributed by atoms with Crippen molar-refractivity contribution in [2.45, 2.75) is 38.6 Å². The standard InChI is InChI=1S/C15H22N2O/c1-10(2)11-3-7-13(8-4-11)15(18)17-9-14(16)12-5-6-12/h3-4,7-8,10,12,14H,5-6,9,16H2,1-2H3,(H,17,18). The fourth-order valence-electron chi connectivity index (χ4n) is 2.02. The van der Waals surface area contributed by atoms with E-state index in [1.54, 1.807) is 0 Å². The zero-order valence-electron chi connectivity index (χ0n) is 11.1. The zero-order chi connectivity index (χ0) is 13.1. The summed E-state index contributed by atoms with van der Waals surface area (Å²) in [7, 11) is 0. The smallest absolute Gasteiger partial charge is 0.251 e. The Bertz CT molecular complexity index is 407. The minimum atomic E-state index is -0.0265. The van der Waals surface area contributed by atoms with Crippen molar-refractivity contribution in [3.8, 4) is 0 Å². The van der Waals surface area contributed by atoms with Crippen LogP contribution >= 0.6 is 0 Å². The van der Waals surface area contributed by atoms with Gasteiger partial charge in [0.05, 0.1) is 0 Å². The average Bonchev–Trinajstić information content (AvgIpc) is 3.20. The van der Waals surface area contributed by atoms with Gasteiger partial charge in [0, 0.05) is 18.2 Å². The number of nitrogens with two attached hydrogens (primary N) is 1. The molecule has 1 aromatic carbocycles. The van der Waals surface area contributed by atoms with E-state index in [1.807, 2.05) is 24.3 Å². The Morgan fingerprint density at radius 3 is 2.44 bits per heavy atom. The van der Waals surface area contributed by atoms with Gasteiger partial charge >= 0.3 is 0 Å². The van der Waals surface area contributed by atoms with Crippen molar-refractivity contribution < 1.29 is 4.79 Å². The first-order chi connectivity index (χ1) is 8.58. The highest BCUT2D eigenvalue weighted by Gasteiger charge is 2.28. The molecule has 3 N–H and O–H groups in total. The molecule has 1 aromatic rings. The van der Waals surface area contributed by atoms with Gasteiger partial charge in [-0.25, -0.2) is 0 Å². The highest BCUT2D eigenvalue weighted by molar-refractivity contribution is 5.94. The molecule has 1 fully saturated rings. The molecule has 2 rings (SSSR count). The van der Waals surface area contributed by atoms with Crippen molar-refractivity contribution in [1.82, 2.24) is 5.32 Å². The lowest BCUT2D eigenvalue weighted by atomic mass is 10.0. The molecule has 1 aliphatic carbocycles. The topological polar surface area (TPSA) is 55.1 Å². The van der Waals surface area contributed by atoms with Crippen molar-refractivity contribution in [3.63, 3.8) is 0 Å². The number of amides is 1. The Kier molecular flexibility index (Phi) is 4.02. The maximum absolute atomic E-state index is 11.9. The summed E-state index contributed by atoms with van der Waals surface area (Å²) in [6.45, 7) is 4.86. The lowest BCUT2D eigenvalue weighted by Gasteiger charge is -2.12. The number of nitrogens with one attached hydrogen (secondary N) is 1. The minimum Gasteiger partial charge on any atom is -0.350 e. The van der Waals surface area contributed by atoms with Gasteiger partial charge in [-0.05, 0) is 42.4 Å². The van der Waals surface area contributed by atoms with Crippen LogP contribution in [0.5, 0.6) is 0 Å². The van der Waals surface area contributed by atoms with Crippen LogP contribution in [0.2, 0.25) is 0 Å². The van der Waals surface area contributed by atoms with E-state index in [0.29, 0.717) is 23.9 Å². The molecule has 1 saturated carbocycles. The van der Waals surface area contributed by atoms with Gasteiger partial charge in [0.15, 0.2) is 0 Å². The Hall–Kier alpha value is -1.35. The van der Waals surface area contributed by atoms with Crippen molar-refractivity contribution in [3.05, 3.63) is 35.4 Å². The second kappa shape index (κ2) is 5.53. The number of hydrogen-bond donors (Lipinski definition) is 2. The summed E-state index contributed by atoms with van der Waals surface area (Å²) in [5, 5.41) is 2.90. The summed E-state index contributed by atoms with van der Waals surface area (Å²) in [6.07, 6.45) is 2.42. The number of carbonyl (C=O) groups excluding carboxylic acids is 1. The minimum absolute atomic E-state index is 0.0265. The van der Waals surface area contributed by atoms with Gasteiger partial charge in [-0.15, -0.1) is 0 Å². The monoisotopic (exact) mass is 246 g/mol. The SMILES string of the molecule is CC(C)c1ccc(C(=O)NCC(N)C2CC2)cc1. The molecule has 3 nitrogen and oxygen atoms in total. The largest absolute Gasteiger partial charge is 0.350 e. The van der Waals surface area contributed by atoms with Crippen molar-refractivity contribution in [2.75, 3.05) is 6.54 Å². The van der Waals surface area contributed by atoms with Gasteiger partial charge in [0.1, 0.15) is 0 Å². The van der Waals surface area contributed by atoms with E-state index in [1.165, 1.54) is 18.4 Å². The van der Waals surface area contributed by atoms with Crippen LogP contribution in [-0.4, -0.2) is 18.5 Å². The summed E-state index contributed by atoms with van der Waals surface area (Å²) in [5.41, 5.74) is 7.92. The second-order valence-corrected chi connectivity index (χ2v) is 5.49. The fourth-order valence-corrected chi connectivity index (χ4v) is 2.02. The summed E-state index contributed by atoms with van der Waals surface area (Å²) in [4.78, 5) is 11.9. The van der Waals surface area contributed by atoms with E-state index in [4.69, 9.17) is 5.73 Å². The van der Waals surface area contributed by atoms with E-state index in [9.17, 15) is 4.79 Å². The number of rotatable bonds is 5. The molecule has 0 bridgehead atoms. The lowest BCUT2D eigenvalue weighted by Crippen LogP contribution is -2.38. The molecule has 1 aliphatic rings. The first-order valence-electron chi connectivity index (χ1n) is 6.71. The number of hydrogen-bond acceptors (Lipinski definition) is 2. The Morgan fingerprint density at radius 1 is 1.33 bits per heavy atom. The zero-order valence-corrected chi connectivity index (χ0v) is 11.1. The molecular formula is C15H22N2O. The van der Waals surface area contributed by atoms with Gasteiger partial charge in [-0.2, -0.15) is 0 Å². The predicted octanol–water partition coefficient (Wildman–Crippen LogP) is 2.28. The molecule has 3 heteroatoms. The maximum atomic E-state index is 11.9. The van der Waals surface area contributed by atoms with Gasteiger partial charge in [-0.3, -0.25) is 4.79 Å². The number of benzene rings is 1. The first-order valence-corrected chi connectivity index (χ1v) is 6.71. The van der Waals surface area contributed by atoms with Crippen LogP contribution < -0.4 is 11.1 Å². The van der Waals surface area contributed by atoms with E-state index < -0.39 is 0 Å². The van der Waals surface area contributed by atoms with Crippen molar-refractivity contribution in [2.24, 2.45) is 11.7 Å². The Morgan fingerprint density at radius 2 is 1.94 bits per heavy atom. The van der Waals surface area contributed by atoms with E-state index in [0.717, 1.165) is 0 Å². The molecule has 0 heterocycles. The third-order valence-corrected chi connectivity index (χ3v) is 3.57. The normalized spacial score (nSPS) is 16.7. The van der Waals surface area contributed by atoms with Crippen LogP contribution in [0.1, 0.15) is 48.5 Å². The van der Waals surface area contributed by atoms with Gasteiger partial charge in [0.25, 0.3) is 5.91 Å². The molecule has 18 heavy (non-hydrogen) atoms. The summed E-state index contributed by atoms with van der Waals surface area (Å²) in [5.74, 6) is 1.08. The third-order valence-electron chi connectivity index (χ3n) is 3.57. The molecule has 0 saturated heterocycles. The Labute approximate surface area is 109 Å². The summed E-state index contributed by atoms with van der Waals surface area (Å²) in [6, 6.07) is 7.91. The van der Waals surface area contributed by atoms with Crippen LogP contribution in [0.15, 0.2) is 24.3 Å². The van der Waals surface area contributed by atoms with E-state index >= 15 is 0 Å². The van der Waals surface area contributed by atoms with Crippen LogP contribution in [0.3, 0.4) is 0 Å². The van der Waals surface area contributed by atoms with Crippen molar-refractivity contribution >= 4 is 5.91 Å². The molecule has 1 amide bonds. The molecule has 1 unspecified atom stereocenters. The molecular weight excluding hydrogens is 224 g/mol. The first kappa shape index (κ1) is 13.1. The van der Waals surface area contributed by atoms with Crippen LogP contribution in [0.4, 0.5) is 0 Å². The maximum Gasteiger partial charge on any atom is 0.251 e. The Balaban J connectivity index is 1.87. The summed E-state index contributed by atoms with van der Waals surface area (Å²) >= 11 is 0. The molecule has 0 spiro atoms. The van der Waals surface area contributed by atoms with Gasteiger partial charge < -0.3 is 11.1 Å². The van der Waals surface area contributed by atoms with Gasteiger partial charge in [-0.1, -0.05) is 26.0 Å². The molecule has 1 atom stereocenters. The third kappa shape index (κ3) is 3.33. The lowest BCUT2D eigenvalue weighted by molar-refractivity contribution is 0.0950. The van der Waals surface area contributed by atoms with Crippen LogP contribution in [0, 0.1) is 5.92 Å². The van der Waals surface area contributed by atoms with E-state index in [2.05, 4.69) is 19.2 Å².